The minimum Gasteiger partial charge on any atom is -0.321 e. The molecule has 1 N–H and O–H groups in total. The number of nitrogens with zero attached hydrogens (tertiary/aromatic N) is 1. The maximum atomic E-state index is 12.7. The van der Waals surface area contributed by atoms with Crippen LogP contribution in [0.1, 0.15) is 46.3 Å². The maximum absolute atomic E-state index is 12.7. The van der Waals surface area contributed by atoms with Crippen LogP contribution in [-0.4, -0.2) is 31.7 Å². The summed E-state index contributed by atoms with van der Waals surface area (Å²) >= 11 is 1.47. The van der Waals surface area contributed by atoms with Gasteiger partial charge in [-0.1, -0.05) is 19.4 Å². The van der Waals surface area contributed by atoms with Gasteiger partial charge in [-0.2, -0.15) is 4.31 Å². The Morgan fingerprint density at radius 3 is 2.65 bits per heavy atom. The molecule has 2 heterocycles. The number of rotatable bonds is 6. The highest BCUT2D eigenvalue weighted by molar-refractivity contribution is 7.89. The van der Waals surface area contributed by atoms with Crippen molar-refractivity contribution in [2.24, 2.45) is 0 Å². The number of aryl methyl sites for hydroxylation is 2. The van der Waals surface area contributed by atoms with E-state index in [1.165, 1.54) is 21.2 Å². The van der Waals surface area contributed by atoms with Crippen molar-refractivity contribution in [2.75, 3.05) is 18.4 Å². The number of thiophene rings is 1. The van der Waals surface area contributed by atoms with Crippen LogP contribution in [0.5, 0.6) is 0 Å². The van der Waals surface area contributed by atoms with E-state index in [0.29, 0.717) is 23.7 Å². The molecule has 1 fully saturated rings. The third kappa shape index (κ3) is 4.00. The summed E-state index contributed by atoms with van der Waals surface area (Å²) in [6, 6.07) is 8.44. The van der Waals surface area contributed by atoms with Crippen LogP contribution in [0.4, 0.5) is 5.69 Å². The first-order valence-electron chi connectivity index (χ1n) is 8.92. The van der Waals surface area contributed by atoms with E-state index in [2.05, 4.69) is 12.2 Å². The molecule has 0 aliphatic carbocycles. The van der Waals surface area contributed by atoms with Crippen molar-refractivity contribution >= 4 is 33.0 Å². The van der Waals surface area contributed by atoms with E-state index >= 15 is 0 Å². The van der Waals surface area contributed by atoms with Gasteiger partial charge in [0.15, 0.2) is 0 Å². The smallest absolute Gasteiger partial charge is 0.265 e. The highest BCUT2D eigenvalue weighted by atomic mass is 32.2. The van der Waals surface area contributed by atoms with Crippen molar-refractivity contribution in [1.82, 2.24) is 4.31 Å². The normalized spacial score (nSPS) is 15.3. The number of hydrogen-bond acceptors (Lipinski definition) is 4. The lowest BCUT2D eigenvalue weighted by molar-refractivity contribution is 0.103. The maximum Gasteiger partial charge on any atom is 0.265 e. The molecule has 0 saturated carbocycles. The summed E-state index contributed by atoms with van der Waals surface area (Å²) in [5, 5.41) is 2.83. The standard InChI is InChI=1S/C19H24N2O3S2/c1-3-7-15-12-18(25-14(15)2)19(22)20-16-8-6-9-17(13-16)26(23,24)21-10-4-5-11-21/h6,8-9,12-13H,3-5,7,10-11H2,1-2H3,(H,20,22). The van der Waals surface area contributed by atoms with Gasteiger partial charge in [0.1, 0.15) is 0 Å². The van der Waals surface area contributed by atoms with Gasteiger partial charge in [-0.25, -0.2) is 8.42 Å². The second kappa shape index (κ2) is 7.90. The molecule has 2 aromatic rings. The lowest BCUT2D eigenvalue weighted by Gasteiger charge is -2.16. The zero-order chi connectivity index (χ0) is 18.7. The molecule has 1 aliphatic rings. The summed E-state index contributed by atoms with van der Waals surface area (Å²) in [7, 11) is -3.49. The summed E-state index contributed by atoms with van der Waals surface area (Å²) in [6.07, 6.45) is 3.79. The molecule has 0 unspecified atom stereocenters. The Labute approximate surface area is 159 Å². The summed E-state index contributed by atoms with van der Waals surface area (Å²) in [5.74, 6) is -0.198. The predicted octanol–water partition coefficient (Wildman–Crippen LogP) is 4.05. The van der Waals surface area contributed by atoms with Crippen LogP contribution in [0.3, 0.4) is 0 Å². The van der Waals surface area contributed by atoms with Gasteiger partial charge >= 0.3 is 0 Å². The first kappa shape index (κ1) is 19.1. The SMILES string of the molecule is CCCc1cc(C(=O)Nc2cccc(S(=O)(=O)N3CCCC3)c2)sc1C. The summed E-state index contributed by atoms with van der Waals surface area (Å²) in [6.45, 7) is 5.26. The van der Waals surface area contributed by atoms with Crippen molar-refractivity contribution < 1.29 is 13.2 Å². The molecule has 1 saturated heterocycles. The van der Waals surface area contributed by atoms with Gasteiger partial charge < -0.3 is 5.32 Å². The average molecular weight is 393 g/mol. The second-order valence-electron chi connectivity index (χ2n) is 6.54. The van der Waals surface area contributed by atoms with E-state index in [-0.39, 0.29) is 10.8 Å². The number of hydrogen-bond donors (Lipinski definition) is 1. The average Bonchev–Trinajstić information content (AvgIpc) is 3.26. The molecule has 5 nitrogen and oxygen atoms in total. The van der Waals surface area contributed by atoms with E-state index in [1.54, 1.807) is 24.3 Å². The van der Waals surface area contributed by atoms with Crippen molar-refractivity contribution in [1.29, 1.82) is 0 Å². The van der Waals surface area contributed by atoms with Gasteiger partial charge in [0, 0.05) is 23.7 Å². The Kier molecular flexibility index (Phi) is 5.79. The number of nitrogens with one attached hydrogen (secondary N) is 1. The molecule has 1 aliphatic heterocycles. The van der Waals surface area contributed by atoms with Gasteiger partial charge in [0.2, 0.25) is 10.0 Å². The molecule has 0 spiro atoms. The van der Waals surface area contributed by atoms with E-state index in [1.807, 2.05) is 13.0 Å². The summed E-state index contributed by atoms with van der Waals surface area (Å²) < 4.78 is 26.9. The molecule has 1 aromatic carbocycles. The van der Waals surface area contributed by atoms with Gasteiger partial charge in [0.05, 0.1) is 9.77 Å². The van der Waals surface area contributed by atoms with Crippen LogP contribution in [-0.2, 0) is 16.4 Å². The molecule has 140 valence electrons. The number of amides is 1. The molecule has 0 radical (unpaired) electrons. The Morgan fingerprint density at radius 2 is 1.96 bits per heavy atom. The Hall–Kier alpha value is -1.70. The Morgan fingerprint density at radius 1 is 1.23 bits per heavy atom. The van der Waals surface area contributed by atoms with E-state index in [9.17, 15) is 13.2 Å². The quantitative estimate of drug-likeness (QED) is 0.807. The summed E-state index contributed by atoms with van der Waals surface area (Å²) in [5.41, 5.74) is 1.70. The fourth-order valence-electron chi connectivity index (χ4n) is 3.15. The fraction of sp³-hybridized carbons (Fsp3) is 0.421. The fourth-order valence-corrected chi connectivity index (χ4v) is 5.68. The van der Waals surface area contributed by atoms with Crippen LogP contribution < -0.4 is 5.32 Å². The molecule has 0 bridgehead atoms. The highest BCUT2D eigenvalue weighted by Gasteiger charge is 2.27. The number of anilines is 1. The number of carbonyl (C=O) groups excluding carboxylic acids is 1. The van der Waals surface area contributed by atoms with Crippen LogP contribution in [0.15, 0.2) is 35.2 Å². The number of benzene rings is 1. The lowest BCUT2D eigenvalue weighted by atomic mass is 10.1. The number of sulfonamides is 1. The van der Waals surface area contributed by atoms with Crippen LogP contribution in [0.25, 0.3) is 0 Å². The van der Waals surface area contributed by atoms with E-state index < -0.39 is 10.0 Å². The van der Waals surface area contributed by atoms with E-state index in [4.69, 9.17) is 0 Å². The third-order valence-corrected chi connectivity index (χ3v) is 7.54. The Balaban J connectivity index is 1.78. The van der Waals surface area contributed by atoms with Crippen LogP contribution >= 0.6 is 11.3 Å². The van der Waals surface area contributed by atoms with Crippen molar-refractivity contribution in [3.8, 4) is 0 Å². The van der Waals surface area contributed by atoms with Crippen LogP contribution in [0, 0.1) is 6.92 Å². The molecule has 3 rings (SSSR count). The minimum absolute atomic E-state index is 0.198. The zero-order valence-electron chi connectivity index (χ0n) is 15.1. The third-order valence-electron chi connectivity index (χ3n) is 4.56. The first-order chi connectivity index (χ1) is 12.4. The monoisotopic (exact) mass is 392 g/mol. The lowest BCUT2D eigenvalue weighted by Crippen LogP contribution is -2.27. The topological polar surface area (TPSA) is 66.5 Å². The molecule has 26 heavy (non-hydrogen) atoms. The molecular formula is C19H24N2O3S2. The molecule has 1 amide bonds. The summed E-state index contributed by atoms with van der Waals surface area (Å²) in [4.78, 5) is 14.6. The van der Waals surface area contributed by atoms with Crippen molar-refractivity contribution in [2.45, 2.75) is 44.4 Å². The molecule has 1 aromatic heterocycles. The molecule has 7 heteroatoms. The predicted molar refractivity (Wildman–Crippen MR) is 105 cm³/mol. The second-order valence-corrected chi connectivity index (χ2v) is 9.73. The van der Waals surface area contributed by atoms with Gasteiger partial charge in [-0.3, -0.25) is 4.79 Å². The van der Waals surface area contributed by atoms with E-state index in [0.717, 1.165) is 30.6 Å². The molecule has 0 atom stereocenters. The van der Waals surface area contributed by atoms with Gasteiger partial charge in [-0.05, 0) is 56.0 Å². The number of carbonyl (C=O) groups is 1. The van der Waals surface area contributed by atoms with Gasteiger partial charge in [0.25, 0.3) is 5.91 Å². The zero-order valence-corrected chi connectivity index (χ0v) is 16.8. The highest BCUT2D eigenvalue weighted by Crippen LogP contribution is 2.26. The minimum atomic E-state index is -3.49. The van der Waals surface area contributed by atoms with Crippen LogP contribution in [0.2, 0.25) is 0 Å². The largest absolute Gasteiger partial charge is 0.321 e. The van der Waals surface area contributed by atoms with Crippen molar-refractivity contribution in [3.05, 3.63) is 45.6 Å². The molecular weight excluding hydrogens is 368 g/mol. The van der Waals surface area contributed by atoms with Gasteiger partial charge in [-0.15, -0.1) is 11.3 Å². The van der Waals surface area contributed by atoms with Crippen molar-refractivity contribution in [3.63, 3.8) is 0 Å². The first-order valence-corrected chi connectivity index (χ1v) is 11.2. The Bertz CT molecular complexity index is 897.